The zero-order valence-corrected chi connectivity index (χ0v) is 14.5. The molecule has 2 aliphatic rings. The van der Waals surface area contributed by atoms with Crippen molar-refractivity contribution in [3.63, 3.8) is 0 Å². The lowest BCUT2D eigenvalue weighted by Gasteiger charge is -2.28. The van der Waals surface area contributed by atoms with Gasteiger partial charge in [-0.1, -0.05) is 43.5 Å². The van der Waals surface area contributed by atoms with Crippen LogP contribution in [-0.4, -0.2) is 37.6 Å². The number of hydrogen-bond acceptors (Lipinski definition) is 2. The Morgan fingerprint density at radius 1 is 1.14 bits per heavy atom. The predicted molar refractivity (Wildman–Crippen MR) is 94.8 cm³/mol. The third-order valence-corrected chi connectivity index (χ3v) is 5.77. The van der Waals surface area contributed by atoms with Gasteiger partial charge in [0.1, 0.15) is 0 Å². The lowest BCUT2D eigenvalue weighted by molar-refractivity contribution is 0.244. The molecule has 1 heterocycles. The van der Waals surface area contributed by atoms with Crippen LogP contribution in [0.4, 0.5) is 0 Å². The van der Waals surface area contributed by atoms with E-state index in [1.54, 1.807) is 0 Å². The molecule has 2 nitrogen and oxygen atoms in total. The van der Waals surface area contributed by atoms with Gasteiger partial charge < -0.3 is 10.2 Å². The molecular formula is C19H29ClN2. The maximum Gasteiger partial charge on any atom is 0.0443 e. The Kier molecular flexibility index (Phi) is 5.78. The van der Waals surface area contributed by atoms with Crippen LogP contribution < -0.4 is 5.32 Å². The molecule has 3 rings (SSSR count). The van der Waals surface area contributed by atoms with E-state index in [1.165, 1.54) is 49.9 Å². The highest BCUT2D eigenvalue weighted by molar-refractivity contribution is 6.31. The van der Waals surface area contributed by atoms with E-state index in [1.807, 2.05) is 0 Å². The van der Waals surface area contributed by atoms with Crippen molar-refractivity contribution in [1.82, 2.24) is 10.2 Å². The minimum atomic E-state index is 0.686. The van der Waals surface area contributed by atoms with E-state index in [4.69, 9.17) is 11.6 Å². The molecule has 0 bridgehead atoms. The monoisotopic (exact) mass is 320 g/mol. The number of hydrogen-bond donors (Lipinski definition) is 1. The van der Waals surface area contributed by atoms with Gasteiger partial charge in [0.05, 0.1) is 0 Å². The second kappa shape index (κ2) is 7.81. The Labute approximate surface area is 140 Å². The molecule has 0 amide bonds. The first kappa shape index (κ1) is 16.3. The van der Waals surface area contributed by atoms with Gasteiger partial charge in [-0.05, 0) is 48.3 Å². The van der Waals surface area contributed by atoms with E-state index in [0.29, 0.717) is 5.92 Å². The van der Waals surface area contributed by atoms with Gasteiger partial charge in [0.15, 0.2) is 0 Å². The van der Waals surface area contributed by atoms with Crippen molar-refractivity contribution in [3.8, 4) is 0 Å². The number of piperazine rings is 1. The van der Waals surface area contributed by atoms with Gasteiger partial charge in [-0.3, -0.25) is 0 Å². The number of rotatable bonds is 4. The Balaban J connectivity index is 1.57. The number of nitrogens with zero attached hydrogens (tertiary/aromatic N) is 1. The first-order valence-electron chi connectivity index (χ1n) is 8.94. The molecule has 1 aromatic rings. The predicted octanol–water partition coefficient (Wildman–Crippen LogP) is 4.08. The number of halogens is 1. The highest BCUT2D eigenvalue weighted by atomic mass is 35.5. The van der Waals surface area contributed by atoms with Crippen LogP contribution in [0.15, 0.2) is 18.2 Å². The summed E-state index contributed by atoms with van der Waals surface area (Å²) in [6, 6.07) is 6.83. The maximum atomic E-state index is 6.60. The van der Waals surface area contributed by atoms with Crippen LogP contribution in [0, 0.1) is 5.92 Å². The van der Waals surface area contributed by atoms with Gasteiger partial charge in [-0.2, -0.15) is 0 Å². The third-order valence-electron chi connectivity index (χ3n) is 5.45. The van der Waals surface area contributed by atoms with Crippen LogP contribution in [0.2, 0.25) is 5.02 Å². The van der Waals surface area contributed by atoms with Crippen molar-refractivity contribution >= 4 is 11.6 Å². The summed E-state index contributed by atoms with van der Waals surface area (Å²) in [6.07, 6.45) is 6.43. The van der Waals surface area contributed by atoms with Crippen LogP contribution in [0.5, 0.6) is 0 Å². The summed E-state index contributed by atoms with van der Waals surface area (Å²) >= 11 is 6.60. The van der Waals surface area contributed by atoms with E-state index in [2.05, 4.69) is 35.3 Å². The summed E-state index contributed by atoms with van der Waals surface area (Å²) in [5.74, 6) is 1.58. The van der Waals surface area contributed by atoms with Gasteiger partial charge in [0, 0.05) is 37.7 Å². The molecular weight excluding hydrogens is 292 g/mol. The Morgan fingerprint density at radius 2 is 1.86 bits per heavy atom. The fraction of sp³-hybridized carbons (Fsp3) is 0.684. The van der Waals surface area contributed by atoms with E-state index in [0.717, 1.165) is 37.0 Å². The zero-order chi connectivity index (χ0) is 15.4. The molecule has 1 saturated carbocycles. The molecule has 2 fully saturated rings. The summed E-state index contributed by atoms with van der Waals surface area (Å²) in [5, 5.41) is 4.40. The number of nitrogens with one attached hydrogen (secondary N) is 1. The van der Waals surface area contributed by atoms with Crippen molar-refractivity contribution in [2.24, 2.45) is 5.92 Å². The lowest BCUT2D eigenvalue weighted by atomic mass is 9.79. The van der Waals surface area contributed by atoms with Crippen molar-refractivity contribution in [2.75, 3.05) is 32.7 Å². The average molecular weight is 321 g/mol. The second-order valence-electron chi connectivity index (χ2n) is 7.15. The molecule has 0 unspecified atom stereocenters. The molecule has 122 valence electrons. The Bertz CT molecular complexity index is 474. The summed E-state index contributed by atoms with van der Waals surface area (Å²) in [7, 11) is 0. The average Bonchev–Trinajstić information content (AvgIpc) is 2.55. The standard InChI is InChI=1S/C19H29ClN2/c1-15-2-5-17(6-3-15)18-7-4-16(14-19(18)20)8-11-22-12-9-21-10-13-22/h4,7,14-15,17,21H,2-3,5-6,8-13H2,1H3. The first-order chi connectivity index (χ1) is 10.7. The van der Waals surface area contributed by atoms with Crippen LogP contribution in [0.25, 0.3) is 0 Å². The largest absolute Gasteiger partial charge is 0.314 e. The van der Waals surface area contributed by atoms with E-state index in [-0.39, 0.29) is 0 Å². The fourth-order valence-corrected chi connectivity index (χ4v) is 4.21. The molecule has 1 N–H and O–H groups in total. The second-order valence-corrected chi connectivity index (χ2v) is 7.56. The maximum absolute atomic E-state index is 6.60. The molecule has 3 heteroatoms. The van der Waals surface area contributed by atoms with Crippen LogP contribution in [0.3, 0.4) is 0 Å². The van der Waals surface area contributed by atoms with Gasteiger partial charge in [0.25, 0.3) is 0 Å². The molecule has 0 radical (unpaired) electrons. The van der Waals surface area contributed by atoms with Gasteiger partial charge >= 0.3 is 0 Å². The summed E-state index contributed by atoms with van der Waals surface area (Å²) in [6.45, 7) is 8.12. The molecule has 0 atom stereocenters. The molecule has 0 aromatic heterocycles. The van der Waals surface area contributed by atoms with Crippen molar-refractivity contribution in [3.05, 3.63) is 34.3 Å². The Hall–Kier alpha value is -0.570. The minimum absolute atomic E-state index is 0.686. The molecule has 1 aromatic carbocycles. The normalized spacial score (nSPS) is 27.0. The van der Waals surface area contributed by atoms with E-state index in [9.17, 15) is 0 Å². The summed E-state index contributed by atoms with van der Waals surface area (Å²) < 4.78 is 0. The van der Waals surface area contributed by atoms with Gasteiger partial charge in [-0.25, -0.2) is 0 Å². The summed E-state index contributed by atoms with van der Waals surface area (Å²) in [4.78, 5) is 2.54. The minimum Gasteiger partial charge on any atom is -0.314 e. The fourth-order valence-electron chi connectivity index (χ4n) is 3.85. The quantitative estimate of drug-likeness (QED) is 0.899. The molecule has 22 heavy (non-hydrogen) atoms. The SMILES string of the molecule is CC1CCC(c2ccc(CCN3CCNCC3)cc2Cl)CC1. The zero-order valence-electron chi connectivity index (χ0n) is 13.8. The smallest absolute Gasteiger partial charge is 0.0443 e. The van der Waals surface area contributed by atoms with Crippen LogP contribution >= 0.6 is 11.6 Å². The first-order valence-corrected chi connectivity index (χ1v) is 9.31. The van der Waals surface area contributed by atoms with E-state index >= 15 is 0 Å². The van der Waals surface area contributed by atoms with E-state index < -0.39 is 0 Å². The highest BCUT2D eigenvalue weighted by Gasteiger charge is 2.21. The highest BCUT2D eigenvalue weighted by Crippen LogP contribution is 2.38. The Morgan fingerprint density at radius 3 is 2.55 bits per heavy atom. The van der Waals surface area contributed by atoms with Crippen molar-refractivity contribution in [1.29, 1.82) is 0 Å². The van der Waals surface area contributed by atoms with Crippen LogP contribution in [0.1, 0.15) is 49.7 Å². The molecule has 1 saturated heterocycles. The molecule has 1 aliphatic carbocycles. The molecule has 1 aliphatic heterocycles. The van der Waals surface area contributed by atoms with Crippen molar-refractivity contribution in [2.45, 2.75) is 44.9 Å². The van der Waals surface area contributed by atoms with Gasteiger partial charge in [-0.15, -0.1) is 0 Å². The lowest BCUT2D eigenvalue weighted by Crippen LogP contribution is -2.44. The van der Waals surface area contributed by atoms with Crippen LogP contribution in [-0.2, 0) is 6.42 Å². The third kappa shape index (κ3) is 4.24. The van der Waals surface area contributed by atoms with Gasteiger partial charge in [0.2, 0.25) is 0 Å². The number of benzene rings is 1. The topological polar surface area (TPSA) is 15.3 Å². The molecule has 0 spiro atoms. The van der Waals surface area contributed by atoms with Crippen molar-refractivity contribution < 1.29 is 0 Å². The summed E-state index contributed by atoms with van der Waals surface area (Å²) in [5.41, 5.74) is 2.77.